The Bertz CT molecular complexity index is 6.85. The van der Waals surface area contributed by atoms with Crippen molar-refractivity contribution in [3.8, 4) is 0 Å². The molecule has 0 spiro atoms. The van der Waals surface area contributed by atoms with Crippen molar-refractivity contribution in [2.45, 2.75) is 0 Å². The van der Waals surface area contributed by atoms with Crippen molar-refractivity contribution >= 4 is 29.6 Å². The monoisotopic (exact) mass is 260 g/mol. The molecule has 0 rings (SSSR count). The molecule has 0 aliphatic carbocycles. The fraction of sp³-hybridized carbons (Fsp3) is 0. The van der Waals surface area contributed by atoms with Crippen LogP contribution in [0.1, 0.15) is 0 Å². The summed E-state index contributed by atoms with van der Waals surface area (Å²) in [7, 11) is 0. The summed E-state index contributed by atoms with van der Waals surface area (Å²) in [5.41, 5.74) is 0. The Kier molecular flexibility index (Phi) is 343. The van der Waals surface area contributed by atoms with Gasteiger partial charge < -0.3 is 11.0 Å². The van der Waals surface area contributed by atoms with E-state index in [2.05, 4.69) is 0 Å². The van der Waals surface area contributed by atoms with Crippen molar-refractivity contribution in [1.29, 1.82) is 0 Å². The molecule has 0 atom stereocenters. The molecule has 30 valence electrons. The van der Waals surface area contributed by atoms with Crippen LogP contribution in [0.2, 0.25) is 0 Å². The van der Waals surface area contributed by atoms with Gasteiger partial charge >= 0.3 is 52.7 Å². The molecule has 0 amide bonds. The van der Waals surface area contributed by atoms with Gasteiger partial charge in [-0.15, -0.1) is 0 Å². The van der Waals surface area contributed by atoms with E-state index in [9.17, 15) is 0 Å². The Morgan fingerprint density at radius 2 is 1.00 bits per heavy atom. The first kappa shape index (κ1) is 32.3. The molecule has 0 saturated carbocycles. The van der Waals surface area contributed by atoms with Crippen LogP contribution in [0.4, 0.5) is 0 Å². The van der Waals surface area contributed by atoms with E-state index in [-0.39, 0.29) is 40.5 Å². The van der Waals surface area contributed by atoms with Gasteiger partial charge in [0.1, 0.15) is 0 Å². The second-order valence-corrected chi connectivity index (χ2v) is 0. The molecule has 0 fully saturated rings. The van der Waals surface area contributed by atoms with Crippen molar-refractivity contribution in [3.05, 3.63) is 0 Å². The van der Waals surface area contributed by atoms with Crippen molar-refractivity contribution in [1.82, 2.24) is 0 Å². The molecule has 4 N–H and O–H groups in total. The van der Waals surface area contributed by atoms with Crippen LogP contribution in [-0.4, -0.2) is 40.5 Å². The molecule has 0 radical (unpaired) electrons. The summed E-state index contributed by atoms with van der Waals surface area (Å²) in [5.74, 6) is 0. The first-order chi connectivity index (χ1) is 1.00. The zero-order valence-corrected chi connectivity index (χ0v) is 4.75. The van der Waals surface area contributed by atoms with Crippen LogP contribution in [0.25, 0.3) is 0 Å². The molecule has 3 nitrogen and oxygen atoms in total. The van der Waals surface area contributed by atoms with E-state index in [1.807, 2.05) is 0 Å². The molecule has 5 heavy (non-hydrogen) atoms. The summed E-state index contributed by atoms with van der Waals surface area (Å²) >= 11 is 0.333. The molecule has 0 saturated heterocycles. The topological polar surface area (TPSA) is 80.1 Å². The molecule has 0 bridgehead atoms. The van der Waals surface area contributed by atoms with Crippen LogP contribution in [-0.2, 0) is 23.2 Å². The average molecular weight is 260 g/mol. The molecule has 0 aromatic carbocycles. The van der Waals surface area contributed by atoms with Crippen molar-refractivity contribution < 1.29 is 34.1 Å². The SMILES string of the molecule is O.O.[NaH].[O]=[W]. The van der Waals surface area contributed by atoms with Crippen molar-refractivity contribution in [2.75, 3.05) is 0 Å². The molecule has 0 heterocycles. The Balaban J connectivity index is -0.00000000167. The van der Waals surface area contributed by atoms with E-state index in [0.717, 1.165) is 0 Å². The molecule has 0 aliphatic heterocycles. The average Bonchev–Trinajstić information content (AvgIpc) is 1.00. The van der Waals surface area contributed by atoms with Crippen molar-refractivity contribution in [2.24, 2.45) is 0 Å². The molecular weight excluding hydrogens is 255 g/mol. The quantitative estimate of drug-likeness (QED) is 0.446. The molecule has 0 aromatic heterocycles. The summed E-state index contributed by atoms with van der Waals surface area (Å²) in [5, 5.41) is 0. The van der Waals surface area contributed by atoms with E-state index in [1.165, 1.54) is 0 Å². The maximum absolute atomic E-state index is 8.33. The van der Waals surface area contributed by atoms with Gasteiger partial charge in [-0.25, -0.2) is 0 Å². The summed E-state index contributed by atoms with van der Waals surface area (Å²) in [4.78, 5) is 0. The van der Waals surface area contributed by atoms with E-state index >= 15 is 0 Å². The van der Waals surface area contributed by atoms with E-state index in [1.54, 1.807) is 0 Å². The summed E-state index contributed by atoms with van der Waals surface area (Å²) in [6.45, 7) is 0. The van der Waals surface area contributed by atoms with Crippen LogP contribution >= 0.6 is 0 Å². The third kappa shape index (κ3) is 31.7. The van der Waals surface area contributed by atoms with Crippen LogP contribution < -0.4 is 0 Å². The van der Waals surface area contributed by atoms with Crippen LogP contribution in [0.5, 0.6) is 0 Å². The molecule has 0 aromatic rings. The fourth-order valence-electron chi connectivity index (χ4n) is 0. The standard InChI is InChI=1S/Na.2H2O.O.W.H/h;2*1H2;;;. The predicted octanol–water partition coefficient (Wildman–Crippen LogP) is -2.42. The first-order valence-corrected chi connectivity index (χ1v) is 1.36. The molecular formula is H5NaO3W. The Hall–Kier alpha value is 1.41. The second-order valence-electron chi connectivity index (χ2n) is 0. The van der Waals surface area contributed by atoms with Gasteiger partial charge in [0.2, 0.25) is 0 Å². The van der Waals surface area contributed by atoms with E-state index in [0.29, 0.717) is 19.8 Å². The second kappa shape index (κ2) is 53.0. The molecule has 5 heteroatoms. The third-order valence-electron chi connectivity index (χ3n) is 0. The normalized spacial score (nSPS) is 0.800. The van der Waals surface area contributed by atoms with Gasteiger partial charge in [0.15, 0.2) is 0 Å². The van der Waals surface area contributed by atoms with Crippen molar-refractivity contribution in [3.63, 3.8) is 0 Å². The summed E-state index contributed by atoms with van der Waals surface area (Å²) < 4.78 is 8.33. The van der Waals surface area contributed by atoms with E-state index < -0.39 is 0 Å². The molecule has 0 aliphatic rings. The number of rotatable bonds is 0. The van der Waals surface area contributed by atoms with Crippen LogP contribution in [0, 0.1) is 0 Å². The first-order valence-electron chi connectivity index (χ1n) is 0.167. The Labute approximate surface area is 63.2 Å². The van der Waals surface area contributed by atoms with Gasteiger partial charge in [0.05, 0.1) is 0 Å². The zero-order chi connectivity index (χ0) is 2.00. The summed E-state index contributed by atoms with van der Waals surface area (Å²) in [6.07, 6.45) is 0. The maximum atomic E-state index is 8.33. The summed E-state index contributed by atoms with van der Waals surface area (Å²) in [6, 6.07) is 0. The fourth-order valence-corrected chi connectivity index (χ4v) is 0. The minimum absolute atomic E-state index is 0. The minimum atomic E-state index is 0. The van der Waals surface area contributed by atoms with Gasteiger partial charge in [-0.2, -0.15) is 0 Å². The predicted molar refractivity (Wildman–Crippen MR) is 15.1 cm³/mol. The van der Waals surface area contributed by atoms with Gasteiger partial charge in [-0.3, -0.25) is 0 Å². The number of hydrogen-bond donors (Lipinski definition) is 0. The number of hydrogen-bond acceptors (Lipinski definition) is 1. The van der Waals surface area contributed by atoms with Gasteiger partial charge in [0, 0.05) is 0 Å². The Morgan fingerprint density at radius 1 is 1.00 bits per heavy atom. The molecule has 0 unspecified atom stereocenters. The van der Waals surface area contributed by atoms with Gasteiger partial charge in [-0.05, 0) is 0 Å². The van der Waals surface area contributed by atoms with Crippen LogP contribution in [0.3, 0.4) is 0 Å². The Morgan fingerprint density at radius 3 is 1.00 bits per heavy atom. The zero-order valence-electron chi connectivity index (χ0n) is 1.82. The van der Waals surface area contributed by atoms with E-state index in [4.69, 9.17) is 3.40 Å². The van der Waals surface area contributed by atoms with Gasteiger partial charge in [0.25, 0.3) is 0 Å². The van der Waals surface area contributed by atoms with Gasteiger partial charge in [-0.1, -0.05) is 0 Å². The van der Waals surface area contributed by atoms with Crippen LogP contribution in [0.15, 0.2) is 0 Å². The third-order valence-corrected chi connectivity index (χ3v) is 0.